The summed E-state index contributed by atoms with van der Waals surface area (Å²) < 4.78 is 27.1. The number of sulfonamides is 1. The van der Waals surface area contributed by atoms with Crippen molar-refractivity contribution in [1.82, 2.24) is 10.0 Å². The lowest BCUT2D eigenvalue weighted by Gasteiger charge is -2.22. The summed E-state index contributed by atoms with van der Waals surface area (Å²) in [5, 5.41) is 3.36. The van der Waals surface area contributed by atoms with Crippen molar-refractivity contribution in [3.05, 3.63) is 0 Å². The zero-order chi connectivity index (χ0) is 13.7. The van der Waals surface area contributed by atoms with Gasteiger partial charge in [-0.1, -0.05) is 26.2 Å². The van der Waals surface area contributed by atoms with E-state index in [1.807, 2.05) is 0 Å². The summed E-state index contributed by atoms with van der Waals surface area (Å²) in [7, 11) is -3.10. The molecule has 2 aliphatic rings. The first kappa shape index (κ1) is 15.3. The van der Waals surface area contributed by atoms with Crippen LogP contribution < -0.4 is 10.0 Å². The Hall–Kier alpha value is -0.130. The monoisotopic (exact) mass is 288 g/mol. The molecule has 112 valence electrons. The van der Waals surface area contributed by atoms with Crippen LogP contribution >= 0.6 is 0 Å². The molecule has 2 atom stereocenters. The van der Waals surface area contributed by atoms with E-state index in [1.165, 1.54) is 25.7 Å². The fourth-order valence-electron chi connectivity index (χ4n) is 2.81. The molecule has 0 radical (unpaired) electrons. The molecule has 0 heterocycles. The molecule has 0 aromatic heterocycles. The largest absolute Gasteiger partial charge is 0.314 e. The SMILES string of the molecule is CC1CCCCCC1NS(=O)(=O)CCCNC1CC1. The zero-order valence-corrected chi connectivity index (χ0v) is 12.8. The lowest BCUT2D eigenvalue weighted by atomic mass is 9.98. The zero-order valence-electron chi connectivity index (χ0n) is 12.0. The van der Waals surface area contributed by atoms with Gasteiger partial charge in [-0.15, -0.1) is 0 Å². The Labute approximate surface area is 117 Å². The maximum absolute atomic E-state index is 12.1. The molecule has 5 heteroatoms. The Morgan fingerprint density at radius 3 is 2.53 bits per heavy atom. The minimum atomic E-state index is -3.10. The van der Waals surface area contributed by atoms with Gasteiger partial charge in [0.2, 0.25) is 10.0 Å². The topological polar surface area (TPSA) is 58.2 Å². The van der Waals surface area contributed by atoms with Crippen LogP contribution in [-0.4, -0.2) is 32.8 Å². The van der Waals surface area contributed by atoms with Gasteiger partial charge >= 0.3 is 0 Å². The molecule has 0 aromatic rings. The molecule has 0 spiro atoms. The van der Waals surface area contributed by atoms with Crippen molar-refractivity contribution in [3.8, 4) is 0 Å². The van der Waals surface area contributed by atoms with Gasteiger partial charge in [0.05, 0.1) is 5.75 Å². The van der Waals surface area contributed by atoms with Crippen LogP contribution in [0.15, 0.2) is 0 Å². The molecule has 2 unspecified atom stereocenters. The van der Waals surface area contributed by atoms with E-state index in [2.05, 4.69) is 17.0 Å². The third-order valence-corrected chi connectivity index (χ3v) is 5.78. The highest BCUT2D eigenvalue weighted by Crippen LogP contribution is 2.23. The number of hydrogen-bond acceptors (Lipinski definition) is 3. The second kappa shape index (κ2) is 7.04. The minimum absolute atomic E-state index is 0.156. The van der Waals surface area contributed by atoms with Crippen LogP contribution in [-0.2, 0) is 10.0 Å². The molecule has 19 heavy (non-hydrogen) atoms. The van der Waals surface area contributed by atoms with Crippen LogP contribution in [0.3, 0.4) is 0 Å². The first-order valence-electron chi connectivity index (χ1n) is 7.80. The van der Waals surface area contributed by atoms with Gasteiger partial charge in [-0.25, -0.2) is 13.1 Å². The molecule has 2 fully saturated rings. The standard InChI is InChI=1S/C14H28N2O2S/c1-12-6-3-2-4-7-14(12)16-19(17,18)11-5-10-15-13-8-9-13/h12-16H,2-11H2,1H3. The Morgan fingerprint density at radius 2 is 1.79 bits per heavy atom. The summed E-state index contributed by atoms with van der Waals surface area (Å²) in [5.41, 5.74) is 0. The van der Waals surface area contributed by atoms with Crippen molar-refractivity contribution >= 4 is 10.0 Å². The highest BCUT2D eigenvalue weighted by Gasteiger charge is 2.25. The normalized spacial score (nSPS) is 29.1. The average Bonchev–Trinajstić information content (AvgIpc) is 3.16. The van der Waals surface area contributed by atoms with Crippen molar-refractivity contribution < 1.29 is 8.42 Å². The van der Waals surface area contributed by atoms with Gasteiger partial charge in [-0.3, -0.25) is 0 Å². The first-order chi connectivity index (χ1) is 9.07. The summed E-state index contributed by atoms with van der Waals surface area (Å²) in [6.07, 6.45) is 9.01. The fraction of sp³-hybridized carbons (Fsp3) is 1.00. The van der Waals surface area contributed by atoms with Gasteiger partial charge in [0.15, 0.2) is 0 Å². The van der Waals surface area contributed by atoms with Gasteiger partial charge in [0, 0.05) is 12.1 Å². The van der Waals surface area contributed by atoms with Crippen LogP contribution in [0.4, 0.5) is 0 Å². The molecule has 0 saturated heterocycles. The molecular formula is C14H28N2O2S. The Balaban J connectivity index is 1.71. The highest BCUT2D eigenvalue weighted by atomic mass is 32.2. The lowest BCUT2D eigenvalue weighted by Crippen LogP contribution is -2.40. The maximum Gasteiger partial charge on any atom is 0.211 e. The predicted molar refractivity (Wildman–Crippen MR) is 78.6 cm³/mol. The van der Waals surface area contributed by atoms with Crippen molar-refractivity contribution in [2.75, 3.05) is 12.3 Å². The first-order valence-corrected chi connectivity index (χ1v) is 9.45. The van der Waals surface area contributed by atoms with E-state index in [0.29, 0.717) is 18.4 Å². The van der Waals surface area contributed by atoms with E-state index in [4.69, 9.17) is 0 Å². The second-order valence-corrected chi connectivity index (χ2v) is 8.11. The summed E-state index contributed by atoms with van der Waals surface area (Å²) >= 11 is 0. The predicted octanol–water partition coefficient (Wildman–Crippen LogP) is 2.02. The number of rotatable bonds is 7. The molecule has 2 saturated carbocycles. The molecular weight excluding hydrogens is 260 g/mol. The number of hydrogen-bond donors (Lipinski definition) is 2. The molecule has 2 aliphatic carbocycles. The molecule has 0 aliphatic heterocycles. The van der Waals surface area contributed by atoms with Crippen molar-refractivity contribution in [1.29, 1.82) is 0 Å². The lowest BCUT2D eigenvalue weighted by molar-refractivity contribution is 0.399. The third kappa shape index (κ3) is 5.79. The maximum atomic E-state index is 12.1. The smallest absolute Gasteiger partial charge is 0.211 e. The summed E-state index contributed by atoms with van der Waals surface area (Å²) in [5.74, 6) is 0.734. The molecule has 0 amide bonds. The Morgan fingerprint density at radius 1 is 1.05 bits per heavy atom. The molecule has 2 N–H and O–H groups in total. The van der Waals surface area contributed by atoms with E-state index >= 15 is 0 Å². The summed E-state index contributed by atoms with van der Waals surface area (Å²) in [4.78, 5) is 0. The van der Waals surface area contributed by atoms with E-state index < -0.39 is 10.0 Å². The van der Waals surface area contributed by atoms with Gasteiger partial charge in [0.1, 0.15) is 0 Å². The Kier molecular flexibility index (Phi) is 5.66. The Bertz CT molecular complexity index is 366. The van der Waals surface area contributed by atoms with Crippen LogP contribution in [0.25, 0.3) is 0 Å². The van der Waals surface area contributed by atoms with Gasteiger partial charge in [-0.2, -0.15) is 0 Å². The van der Waals surface area contributed by atoms with E-state index in [9.17, 15) is 8.42 Å². The van der Waals surface area contributed by atoms with Crippen molar-refractivity contribution in [2.45, 2.75) is 70.4 Å². The van der Waals surface area contributed by atoms with Crippen LogP contribution in [0.2, 0.25) is 0 Å². The minimum Gasteiger partial charge on any atom is -0.314 e. The molecule has 2 rings (SSSR count). The van der Waals surface area contributed by atoms with E-state index in [0.717, 1.165) is 25.8 Å². The van der Waals surface area contributed by atoms with Crippen molar-refractivity contribution in [3.63, 3.8) is 0 Å². The fourth-order valence-corrected chi connectivity index (χ4v) is 4.27. The third-order valence-electron chi connectivity index (χ3n) is 4.29. The summed E-state index contributed by atoms with van der Waals surface area (Å²) in [6.45, 7) is 3.00. The van der Waals surface area contributed by atoms with Gasteiger partial charge in [-0.05, 0) is 44.6 Å². The van der Waals surface area contributed by atoms with Crippen LogP contribution in [0.1, 0.15) is 58.3 Å². The average molecular weight is 288 g/mol. The van der Waals surface area contributed by atoms with Crippen LogP contribution in [0, 0.1) is 5.92 Å². The van der Waals surface area contributed by atoms with Crippen LogP contribution in [0.5, 0.6) is 0 Å². The molecule has 0 aromatic carbocycles. The van der Waals surface area contributed by atoms with Gasteiger partial charge < -0.3 is 5.32 Å². The van der Waals surface area contributed by atoms with Gasteiger partial charge in [0.25, 0.3) is 0 Å². The second-order valence-electron chi connectivity index (χ2n) is 6.24. The van der Waals surface area contributed by atoms with E-state index in [1.54, 1.807) is 0 Å². The van der Waals surface area contributed by atoms with Crippen molar-refractivity contribution in [2.24, 2.45) is 5.92 Å². The molecule has 0 bridgehead atoms. The van der Waals surface area contributed by atoms with E-state index in [-0.39, 0.29) is 11.8 Å². The highest BCUT2D eigenvalue weighted by molar-refractivity contribution is 7.89. The summed E-state index contributed by atoms with van der Waals surface area (Å²) in [6, 6.07) is 0.821. The molecule has 4 nitrogen and oxygen atoms in total. The quantitative estimate of drug-likeness (QED) is 0.556. The number of nitrogens with one attached hydrogen (secondary N) is 2.